The SMILES string of the molecule is Cc1ccc(OCCNC(=O)N2CCN(c3ncccn3)CC2)c(C)c1. The van der Waals surface area contributed by atoms with E-state index in [0.29, 0.717) is 26.2 Å². The van der Waals surface area contributed by atoms with Crippen LogP contribution in [0.3, 0.4) is 0 Å². The third-order valence-corrected chi connectivity index (χ3v) is 4.37. The highest BCUT2D eigenvalue weighted by molar-refractivity contribution is 5.74. The average molecular weight is 355 g/mol. The van der Waals surface area contributed by atoms with Crippen LogP contribution in [0.4, 0.5) is 10.7 Å². The predicted octanol–water partition coefficient (Wildman–Crippen LogP) is 2.00. The fourth-order valence-electron chi connectivity index (χ4n) is 2.96. The van der Waals surface area contributed by atoms with E-state index in [0.717, 1.165) is 30.4 Å². The van der Waals surface area contributed by atoms with E-state index < -0.39 is 0 Å². The largest absolute Gasteiger partial charge is 0.491 e. The van der Waals surface area contributed by atoms with Crippen molar-refractivity contribution >= 4 is 12.0 Å². The highest BCUT2D eigenvalue weighted by atomic mass is 16.5. The first-order valence-corrected chi connectivity index (χ1v) is 8.88. The maximum absolute atomic E-state index is 12.3. The molecular formula is C19H25N5O2. The second-order valence-electron chi connectivity index (χ2n) is 6.37. The van der Waals surface area contributed by atoms with Crippen molar-refractivity contribution in [1.82, 2.24) is 20.2 Å². The second-order valence-corrected chi connectivity index (χ2v) is 6.37. The fraction of sp³-hybridized carbons (Fsp3) is 0.421. The molecule has 0 saturated carbocycles. The van der Waals surface area contributed by atoms with Crippen molar-refractivity contribution in [3.05, 3.63) is 47.8 Å². The first kappa shape index (κ1) is 18.0. The Morgan fingerprint density at radius 2 is 1.88 bits per heavy atom. The van der Waals surface area contributed by atoms with Crippen LogP contribution < -0.4 is 15.0 Å². The monoisotopic (exact) mass is 355 g/mol. The van der Waals surface area contributed by atoms with Crippen molar-refractivity contribution < 1.29 is 9.53 Å². The van der Waals surface area contributed by atoms with Gasteiger partial charge in [-0.2, -0.15) is 0 Å². The number of aryl methyl sites for hydroxylation is 2. The van der Waals surface area contributed by atoms with Crippen LogP contribution in [0.2, 0.25) is 0 Å². The van der Waals surface area contributed by atoms with Crippen LogP contribution in [0.15, 0.2) is 36.7 Å². The molecule has 2 aromatic rings. The first-order valence-electron chi connectivity index (χ1n) is 8.88. The van der Waals surface area contributed by atoms with Crippen LogP contribution in [0, 0.1) is 13.8 Å². The maximum atomic E-state index is 12.3. The average Bonchev–Trinajstić information content (AvgIpc) is 2.67. The molecule has 7 heteroatoms. The van der Waals surface area contributed by atoms with Crippen molar-refractivity contribution in [3.8, 4) is 5.75 Å². The molecule has 138 valence electrons. The van der Waals surface area contributed by atoms with Crippen LogP contribution in [0.1, 0.15) is 11.1 Å². The smallest absolute Gasteiger partial charge is 0.317 e. The number of carbonyl (C=O) groups excluding carboxylic acids is 1. The van der Waals surface area contributed by atoms with E-state index in [1.165, 1.54) is 5.56 Å². The number of benzene rings is 1. The van der Waals surface area contributed by atoms with Crippen LogP contribution in [0.5, 0.6) is 5.75 Å². The van der Waals surface area contributed by atoms with Gasteiger partial charge in [-0.15, -0.1) is 0 Å². The Labute approximate surface area is 154 Å². The molecule has 1 aliphatic heterocycles. The Morgan fingerprint density at radius 1 is 1.15 bits per heavy atom. The lowest BCUT2D eigenvalue weighted by Gasteiger charge is -2.34. The number of amides is 2. The fourth-order valence-corrected chi connectivity index (χ4v) is 2.96. The van der Waals surface area contributed by atoms with E-state index in [1.807, 2.05) is 24.0 Å². The number of nitrogens with one attached hydrogen (secondary N) is 1. The number of hydrogen-bond donors (Lipinski definition) is 1. The molecule has 3 rings (SSSR count). The molecule has 0 unspecified atom stereocenters. The minimum Gasteiger partial charge on any atom is -0.491 e. The van der Waals surface area contributed by atoms with E-state index in [1.54, 1.807) is 18.5 Å². The highest BCUT2D eigenvalue weighted by Gasteiger charge is 2.22. The number of piperazine rings is 1. The molecule has 1 aliphatic rings. The van der Waals surface area contributed by atoms with Crippen molar-refractivity contribution in [2.75, 3.05) is 44.2 Å². The minimum atomic E-state index is -0.0529. The van der Waals surface area contributed by atoms with Crippen LogP contribution in [0.25, 0.3) is 0 Å². The topological polar surface area (TPSA) is 70.6 Å². The number of anilines is 1. The van der Waals surface area contributed by atoms with Gasteiger partial charge in [-0.05, 0) is 31.5 Å². The second kappa shape index (κ2) is 8.51. The summed E-state index contributed by atoms with van der Waals surface area (Å²) in [6, 6.07) is 7.83. The Morgan fingerprint density at radius 3 is 2.58 bits per heavy atom. The van der Waals surface area contributed by atoms with Gasteiger partial charge in [0.25, 0.3) is 0 Å². The quantitative estimate of drug-likeness (QED) is 0.831. The van der Waals surface area contributed by atoms with Gasteiger partial charge in [-0.3, -0.25) is 0 Å². The predicted molar refractivity (Wildman–Crippen MR) is 101 cm³/mol. The molecule has 1 aromatic heterocycles. The standard InChI is InChI=1S/C19H25N5O2/c1-15-4-5-17(16(2)14-15)26-13-8-22-19(25)24-11-9-23(10-12-24)18-20-6-3-7-21-18/h3-7,14H,8-13H2,1-2H3,(H,22,25). The van der Waals surface area contributed by atoms with Gasteiger partial charge in [0.05, 0.1) is 6.54 Å². The molecule has 0 aliphatic carbocycles. The lowest BCUT2D eigenvalue weighted by atomic mass is 10.1. The highest BCUT2D eigenvalue weighted by Crippen LogP contribution is 2.18. The molecule has 2 heterocycles. The Balaban J connectivity index is 1.38. The zero-order valence-corrected chi connectivity index (χ0v) is 15.3. The summed E-state index contributed by atoms with van der Waals surface area (Å²) < 4.78 is 5.75. The van der Waals surface area contributed by atoms with Gasteiger partial charge in [0.15, 0.2) is 0 Å². The zero-order valence-electron chi connectivity index (χ0n) is 15.3. The van der Waals surface area contributed by atoms with Crippen molar-refractivity contribution in [3.63, 3.8) is 0 Å². The third-order valence-electron chi connectivity index (χ3n) is 4.37. The number of aromatic nitrogens is 2. The number of nitrogens with zero attached hydrogens (tertiary/aromatic N) is 4. The van der Waals surface area contributed by atoms with Gasteiger partial charge < -0.3 is 19.9 Å². The van der Waals surface area contributed by atoms with E-state index in [2.05, 4.69) is 33.2 Å². The van der Waals surface area contributed by atoms with E-state index in [4.69, 9.17) is 4.74 Å². The van der Waals surface area contributed by atoms with Crippen LogP contribution in [-0.2, 0) is 0 Å². The number of hydrogen-bond acceptors (Lipinski definition) is 5. The van der Waals surface area contributed by atoms with Crippen LogP contribution >= 0.6 is 0 Å². The number of ether oxygens (including phenoxy) is 1. The summed E-state index contributed by atoms with van der Waals surface area (Å²) in [5.74, 6) is 1.58. The molecular weight excluding hydrogens is 330 g/mol. The van der Waals surface area contributed by atoms with E-state index in [9.17, 15) is 4.79 Å². The van der Waals surface area contributed by atoms with E-state index >= 15 is 0 Å². The Hall–Kier alpha value is -2.83. The molecule has 1 aromatic carbocycles. The zero-order chi connectivity index (χ0) is 18.4. The summed E-state index contributed by atoms with van der Waals surface area (Å²) in [5.41, 5.74) is 2.32. The molecule has 0 radical (unpaired) electrons. The summed E-state index contributed by atoms with van der Waals surface area (Å²) in [6.45, 7) is 7.79. The molecule has 0 atom stereocenters. The van der Waals surface area contributed by atoms with E-state index in [-0.39, 0.29) is 6.03 Å². The van der Waals surface area contributed by atoms with Crippen molar-refractivity contribution in [1.29, 1.82) is 0 Å². The first-order chi connectivity index (χ1) is 12.6. The Kier molecular flexibility index (Phi) is 5.88. The number of rotatable bonds is 5. The summed E-state index contributed by atoms with van der Waals surface area (Å²) >= 11 is 0. The molecule has 7 nitrogen and oxygen atoms in total. The van der Waals surface area contributed by atoms with Gasteiger partial charge in [0, 0.05) is 38.6 Å². The molecule has 1 fully saturated rings. The van der Waals surface area contributed by atoms with Gasteiger partial charge in [-0.25, -0.2) is 14.8 Å². The molecule has 0 bridgehead atoms. The molecule has 1 saturated heterocycles. The van der Waals surface area contributed by atoms with Gasteiger partial charge >= 0.3 is 6.03 Å². The van der Waals surface area contributed by atoms with Crippen molar-refractivity contribution in [2.45, 2.75) is 13.8 Å². The molecule has 1 N–H and O–H groups in total. The minimum absolute atomic E-state index is 0.0529. The number of carbonyl (C=O) groups is 1. The maximum Gasteiger partial charge on any atom is 0.317 e. The molecule has 26 heavy (non-hydrogen) atoms. The van der Waals surface area contributed by atoms with Gasteiger partial charge in [0.1, 0.15) is 12.4 Å². The lowest BCUT2D eigenvalue weighted by Crippen LogP contribution is -2.52. The van der Waals surface area contributed by atoms with Gasteiger partial charge in [0.2, 0.25) is 5.95 Å². The summed E-state index contributed by atoms with van der Waals surface area (Å²) in [4.78, 5) is 24.7. The number of urea groups is 1. The molecule has 2 amide bonds. The summed E-state index contributed by atoms with van der Waals surface area (Å²) in [6.07, 6.45) is 3.47. The summed E-state index contributed by atoms with van der Waals surface area (Å²) in [5, 5.41) is 2.92. The normalized spacial score (nSPS) is 14.2. The van der Waals surface area contributed by atoms with Gasteiger partial charge in [-0.1, -0.05) is 17.7 Å². The molecule has 0 spiro atoms. The Bertz CT molecular complexity index is 730. The lowest BCUT2D eigenvalue weighted by molar-refractivity contribution is 0.191. The summed E-state index contributed by atoms with van der Waals surface area (Å²) in [7, 11) is 0. The third kappa shape index (κ3) is 4.62. The van der Waals surface area contributed by atoms with Crippen LogP contribution in [-0.4, -0.2) is 60.2 Å². The van der Waals surface area contributed by atoms with Crippen molar-refractivity contribution in [2.24, 2.45) is 0 Å².